The molecule has 0 aliphatic carbocycles. The number of hydrogen-bond donors (Lipinski definition) is 1. The number of carbonyl (C=O) groups is 1. The average Bonchev–Trinajstić information content (AvgIpc) is 2.22. The normalized spacial score (nSPS) is 10.4. The molecule has 0 aliphatic rings. The Balaban J connectivity index is 2.68. The Morgan fingerprint density at radius 3 is 2.67 bits per heavy atom. The summed E-state index contributed by atoms with van der Waals surface area (Å²) in [6.45, 7) is 0. The van der Waals surface area contributed by atoms with Gasteiger partial charge in [-0.2, -0.15) is 0 Å². The van der Waals surface area contributed by atoms with Crippen LogP contribution in [0.5, 0.6) is 5.75 Å². The van der Waals surface area contributed by atoms with E-state index in [-0.39, 0.29) is 12.2 Å². The smallest absolute Gasteiger partial charge is 0.119 e. The molecule has 2 aromatic carbocycles. The minimum atomic E-state index is -1.19. The summed E-state index contributed by atoms with van der Waals surface area (Å²) in [6.07, 6.45) is -0.271. The van der Waals surface area contributed by atoms with Crippen molar-refractivity contribution in [1.29, 1.82) is 0 Å². The molecule has 0 atom stereocenters. The average molecular weight is 201 g/mol. The minimum Gasteiger partial charge on any atom is -0.550 e. The van der Waals surface area contributed by atoms with Gasteiger partial charge in [-0.05, 0) is 16.8 Å². The van der Waals surface area contributed by atoms with Gasteiger partial charge in [-0.3, -0.25) is 0 Å². The predicted molar refractivity (Wildman–Crippen MR) is 54.3 cm³/mol. The van der Waals surface area contributed by atoms with E-state index in [0.717, 1.165) is 10.8 Å². The lowest BCUT2D eigenvalue weighted by atomic mass is 10.0. The van der Waals surface area contributed by atoms with E-state index < -0.39 is 5.97 Å². The fourth-order valence-corrected chi connectivity index (χ4v) is 1.65. The van der Waals surface area contributed by atoms with Crippen molar-refractivity contribution in [1.82, 2.24) is 0 Å². The largest absolute Gasteiger partial charge is 0.550 e. The third-order valence-corrected chi connectivity index (χ3v) is 2.34. The molecule has 3 heteroatoms. The topological polar surface area (TPSA) is 60.4 Å². The molecule has 0 radical (unpaired) electrons. The molecule has 3 nitrogen and oxygen atoms in total. The lowest BCUT2D eigenvalue weighted by molar-refractivity contribution is -0.304. The third kappa shape index (κ3) is 1.76. The van der Waals surface area contributed by atoms with Gasteiger partial charge in [-0.1, -0.05) is 30.3 Å². The van der Waals surface area contributed by atoms with Crippen LogP contribution in [0.3, 0.4) is 0 Å². The maximum atomic E-state index is 10.5. The molecule has 0 unspecified atom stereocenters. The van der Waals surface area contributed by atoms with E-state index in [2.05, 4.69) is 0 Å². The molecule has 0 fully saturated rings. The zero-order chi connectivity index (χ0) is 10.8. The summed E-state index contributed by atoms with van der Waals surface area (Å²) in [6, 6.07) is 10.6. The summed E-state index contributed by atoms with van der Waals surface area (Å²) in [5.74, 6) is -1.19. The van der Waals surface area contributed by atoms with Gasteiger partial charge in [0.1, 0.15) is 5.75 Å². The molecule has 0 aromatic heterocycles. The van der Waals surface area contributed by atoms with Crippen molar-refractivity contribution in [2.45, 2.75) is 6.42 Å². The van der Waals surface area contributed by atoms with Gasteiger partial charge in [0.25, 0.3) is 0 Å². The van der Waals surface area contributed by atoms with Crippen molar-refractivity contribution in [2.24, 2.45) is 0 Å². The zero-order valence-corrected chi connectivity index (χ0v) is 7.93. The second kappa shape index (κ2) is 3.61. The first-order valence-electron chi connectivity index (χ1n) is 4.58. The fourth-order valence-electron chi connectivity index (χ4n) is 1.65. The summed E-state index contributed by atoms with van der Waals surface area (Å²) in [5.41, 5.74) is 0.410. The molecule has 0 amide bonds. The highest BCUT2D eigenvalue weighted by atomic mass is 16.4. The van der Waals surface area contributed by atoms with Crippen molar-refractivity contribution < 1.29 is 15.0 Å². The van der Waals surface area contributed by atoms with Crippen LogP contribution < -0.4 is 5.11 Å². The molecule has 0 aliphatic heterocycles. The molecule has 15 heavy (non-hydrogen) atoms. The van der Waals surface area contributed by atoms with Crippen LogP contribution in [0.15, 0.2) is 36.4 Å². The number of phenols is 1. The van der Waals surface area contributed by atoms with Gasteiger partial charge >= 0.3 is 0 Å². The van der Waals surface area contributed by atoms with Crippen LogP contribution in [-0.4, -0.2) is 11.1 Å². The van der Waals surface area contributed by atoms with Crippen LogP contribution in [0.25, 0.3) is 10.8 Å². The molecule has 76 valence electrons. The van der Waals surface area contributed by atoms with E-state index in [0.29, 0.717) is 5.56 Å². The maximum Gasteiger partial charge on any atom is 0.119 e. The summed E-state index contributed by atoms with van der Waals surface area (Å²) in [7, 11) is 0. The van der Waals surface area contributed by atoms with Crippen LogP contribution >= 0.6 is 0 Å². The number of hydrogen-bond acceptors (Lipinski definition) is 3. The first kappa shape index (κ1) is 9.52. The van der Waals surface area contributed by atoms with Gasteiger partial charge in [0, 0.05) is 18.0 Å². The Labute approximate surface area is 86.6 Å². The van der Waals surface area contributed by atoms with Crippen LogP contribution in [0.4, 0.5) is 0 Å². The summed E-state index contributed by atoms with van der Waals surface area (Å²) >= 11 is 0. The van der Waals surface area contributed by atoms with E-state index in [9.17, 15) is 15.0 Å². The molecule has 0 bridgehead atoms. The van der Waals surface area contributed by atoms with Crippen molar-refractivity contribution in [3.8, 4) is 5.75 Å². The number of fused-ring (bicyclic) bond motifs is 1. The maximum absolute atomic E-state index is 10.5. The van der Waals surface area contributed by atoms with Crippen molar-refractivity contribution in [3.05, 3.63) is 42.0 Å². The fraction of sp³-hybridized carbons (Fsp3) is 0.0833. The molecule has 2 rings (SSSR count). The van der Waals surface area contributed by atoms with Crippen molar-refractivity contribution >= 4 is 16.7 Å². The second-order valence-corrected chi connectivity index (χ2v) is 3.33. The molecular weight excluding hydrogens is 192 g/mol. The number of aliphatic carboxylic acids is 1. The van der Waals surface area contributed by atoms with Crippen LogP contribution in [0, 0.1) is 0 Å². The van der Waals surface area contributed by atoms with Gasteiger partial charge in [-0.15, -0.1) is 0 Å². The SMILES string of the molecule is O=C([O-])Cc1c(O)ccc2ccccc12. The number of phenolic OH excluding ortho intramolecular Hbond substituents is 1. The third-order valence-electron chi connectivity index (χ3n) is 2.34. The molecule has 0 saturated carbocycles. The first-order valence-corrected chi connectivity index (χ1v) is 4.58. The van der Waals surface area contributed by atoms with E-state index in [1.807, 2.05) is 12.1 Å². The molecule has 0 saturated heterocycles. The molecule has 2 aromatic rings. The van der Waals surface area contributed by atoms with Crippen LogP contribution in [0.2, 0.25) is 0 Å². The standard InChI is InChI=1S/C12H10O3/c13-11-6-5-8-3-1-2-4-9(8)10(11)7-12(14)15/h1-6,13H,7H2,(H,14,15)/p-1. The molecule has 1 N–H and O–H groups in total. The number of aromatic hydroxyl groups is 1. The highest BCUT2D eigenvalue weighted by Gasteiger charge is 2.06. The quantitative estimate of drug-likeness (QED) is 0.783. The zero-order valence-electron chi connectivity index (χ0n) is 7.93. The summed E-state index contributed by atoms with van der Waals surface area (Å²) in [4.78, 5) is 10.5. The van der Waals surface area contributed by atoms with Gasteiger partial charge in [0.05, 0.1) is 0 Å². The number of carboxylic acids is 1. The minimum absolute atomic E-state index is 0.00194. The van der Waals surface area contributed by atoms with Gasteiger partial charge < -0.3 is 15.0 Å². The Bertz CT molecular complexity index is 517. The highest BCUT2D eigenvalue weighted by molar-refractivity contribution is 5.90. The van der Waals surface area contributed by atoms with Crippen molar-refractivity contribution in [2.75, 3.05) is 0 Å². The van der Waals surface area contributed by atoms with E-state index in [1.54, 1.807) is 18.2 Å². The highest BCUT2D eigenvalue weighted by Crippen LogP contribution is 2.27. The Morgan fingerprint density at radius 2 is 1.93 bits per heavy atom. The van der Waals surface area contributed by atoms with Gasteiger partial charge in [-0.25, -0.2) is 0 Å². The molecule has 0 spiro atoms. The van der Waals surface area contributed by atoms with Crippen LogP contribution in [0.1, 0.15) is 5.56 Å². The van der Waals surface area contributed by atoms with Crippen molar-refractivity contribution in [3.63, 3.8) is 0 Å². The molecule has 0 heterocycles. The Hall–Kier alpha value is -2.03. The van der Waals surface area contributed by atoms with Crippen LogP contribution in [-0.2, 0) is 11.2 Å². The van der Waals surface area contributed by atoms with E-state index >= 15 is 0 Å². The lowest BCUT2D eigenvalue weighted by Gasteiger charge is -2.09. The lowest BCUT2D eigenvalue weighted by Crippen LogP contribution is -2.24. The Kier molecular flexibility index (Phi) is 2.29. The first-order chi connectivity index (χ1) is 7.18. The number of carboxylic acid groups (broad SMARTS) is 1. The van der Waals surface area contributed by atoms with E-state index in [1.165, 1.54) is 6.07 Å². The van der Waals surface area contributed by atoms with Gasteiger partial charge in [0.2, 0.25) is 0 Å². The molecular formula is C12H9O3-. The second-order valence-electron chi connectivity index (χ2n) is 3.33. The predicted octanol–water partition coefficient (Wildman–Crippen LogP) is 0.838. The summed E-state index contributed by atoms with van der Waals surface area (Å²) in [5, 5.41) is 21.8. The van der Waals surface area contributed by atoms with E-state index in [4.69, 9.17) is 0 Å². The monoisotopic (exact) mass is 201 g/mol. The Morgan fingerprint density at radius 1 is 1.20 bits per heavy atom. The number of carbonyl (C=O) groups excluding carboxylic acids is 1. The number of rotatable bonds is 2. The van der Waals surface area contributed by atoms with Gasteiger partial charge in [0.15, 0.2) is 0 Å². The number of benzene rings is 2. The summed E-state index contributed by atoms with van der Waals surface area (Å²) < 4.78 is 0.